The van der Waals surface area contributed by atoms with Gasteiger partial charge >= 0.3 is 0 Å². The normalized spacial score (nSPS) is 9.93. The van der Waals surface area contributed by atoms with Crippen LogP contribution in [0.5, 0.6) is 0 Å². The fourth-order valence-corrected chi connectivity index (χ4v) is 1.94. The lowest BCUT2D eigenvalue weighted by Crippen LogP contribution is -2.05. The van der Waals surface area contributed by atoms with Gasteiger partial charge < -0.3 is 0 Å². The van der Waals surface area contributed by atoms with Gasteiger partial charge in [-0.25, -0.2) is 4.31 Å². The molecule has 0 saturated heterocycles. The predicted molar refractivity (Wildman–Crippen MR) is 62.9 cm³/mol. The molecular formula is C9H7N3OS2. The molecule has 0 atom stereocenters. The van der Waals surface area contributed by atoms with E-state index in [2.05, 4.69) is 22.4 Å². The van der Waals surface area contributed by atoms with Crippen molar-refractivity contribution in [3.05, 3.63) is 30.3 Å². The number of rotatable bonds is 3. The molecule has 0 unspecified atom stereocenters. The van der Waals surface area contributed by atoms with Gasteiger partial charge in [-0.3, -0.25) is 4.79 Å². The minimum atomic E-state index is 0.616. The molecule has 15 heavy (non-hydrogen) atoms. The van der Waals surface area contributed by atoms with Crippen LogP contribution >= 0.6 is 24.3 Å². The molecule has 0 N–H and O–H groups in total. The Balaban J connectivity index is 2.46. The van der Waals surface area contributed by atoms with Crippen molar-refractivity contribution in [1.29, 1.82) is 0 Å². The largest absolute Gasteiger partial charge is 0.277 e. The molecule has 1 heterocycles. The number of amides is 1. The second-order valence-electron chi connectivity index (χ2n) is 2.74. The number of carbonyl (C=O) groups excluding carboxylic acids is 1. The maximum atomic E-state index is 10.6. The molecule has 2 rings (SSSR count). The average Bonchev–Trinajstić information content (AvgIpc) is 2.78. The van der Waals surface area contributed by atoms with Crippen molar-refractivity contribution in [3.63, 3.8) is 0 Å². The topological polar surface area (TPSA) is 46.1 Å². The molecule has 0 aliphatic rings. The number of carbonyl (C=O) groups is 1. The van der Waals surface area contributed by atoms with E-state index in [0.717, 1.165) is 17.1 Å². The zero-order valence-corrected chi connectivity index (χ0v) is 9.28. The van der Waals surface area contributed by atoms with E-state index < -0.39 is 0 Å². The van der Waals surface area contributed by atoms with Crippen molar-refractivity contribution in [3.8, 4) is 11.3 Å². The number of thiol groups is 1. The third-order valence-corrected chi connectivity index (χ3v) is 2.98. The van der Waals surface area contributed by atoms with Crippen LogP contribution in [0.2, 0.25) is 0 Å². The highest BCUT2D eigenvalue weighted by Crippen LogP contribution is 2.31. The molecule has 1 amide bonds. The Kier molecular flexibility index (Phi) is 2.98. The highest BCUT2D eigenvalue weighted by molar-refractivity contribution is 7.82. The minimum Gasteiger partial charge on any atom is -0.277 e. The minimum absolute atomic E-state index is 0.616. The molecule has 0 saturated carbocycles. The van der Waals surface area contributed by atoms with Gasteiger partial charge in [-0.05, 0) is 0 Å². The standard InChI is InChI=1S/C9H7N3OS2/c13-6-12(14)9-8(10-11-15-9)7-4-2-1-3-5-7/h1-6,14H. The monoisotopic (exact) mass is 237 g/mol. The summed E-state index contributed by atoms with van der Waals surface area (Å²) in [5.41, 5.74) is 1.59. The van der Waals surface area contributed by atoms with Crippen LogP contribution in [0.1, 0.15) is 0 Å². The molecule has 1 aromatic carbocycles. The van der Waals surface area contributed by atoms with Crippen molar-refractivity contribution >= 4 is 35.8 Å². The first-order chi connectivity index (χ1) is 7.33. The molecule has 0 aliphatic heterocycles. The first-order valence-corrected chi connectivity index (χ1v) is 5.31. The Hall–Kier alpha value is -1.40. The average molecular weight is 237 g/mol. The molecule has 0 aliphatic carbocycles. The molecule has 0 fully saturated rings. The lowest BCUT2D eigenvalue weighted by Gasteiger charge is -2.06. The van der Waals surface area contributed by atoms with E-state index in [9.17, 15) is 4.79 Å². The SMILES string of the molecule is O=CN(S)c1snnc1-c1ccccc1. The van der Waals surface area contributed by atoms with Crippen LogP contribution in [0.25, 0.3) is 11.3 Å². The Bertz CT molecular complexity index is 457. The van der Waals surface area contributed by atoms with Crippen LogP contribution in [0.15, 0.2) is 30.3 Å². The first kappa shape index (κ1) is 10.1. The Morgan fingerprint density at radius 3 is 2.73 bits per heavy atom. The second-order valence-corrected chi connectivity index (χ2v) is 3.91. The zero-order chi connectivity index (χ0) is 10.7. The van der Waals surface area contributed by atoms with Gasteiger partial charge in [0.1, 0.15) is 5.69 Å². The Morgan fingerprint density at radius 2 is 2.07 bits per heavy atom. The fraction of sp³-hybridized carbons (Fsp3) is 0. The highest BCUT2D eigenvalue weighted by atomic mass is 32.1. The van der Waals surface area contributed by atoms with Crippen LogP contribution in [0.4, 0.5) is 5.00 Å². The van der Waals surface area contributed by atoms with E-state index in [4.69, 9.17) is 0 Å². The number of nitrogens with zero attached hydrogens (tertiary/aromatic N) is 3. The summed E-state index contributed by atoms with van der Waals surface area (Å²) in [4.78, 5) is 10.6. The van der Waals surface area contributed by atoms with Crippen LogP contribution < -0.4 is 4.31 Å². The molecule has 0 radical (unpaired) electrons. The molecular weight excluding hydrogens is 230 g/mol. The van der Waals surface area contributed by atoms with Gasteiger partial charge in [0.25, 0.3) is 0 Å². The Morgan fingerprint density at radius 1 is 1.33 bits per heavy atom. The van der Waals surface area contributed by atoms with Gasteiger partial charge in [-0.1, -0.05) is 47.6 Å². The van der Waals surface area contributed by atoms with Crippen molar-refractivity contribution in [1.82, 2.24) is 9.59 Å². The third kappa shape index (κ3) is 2.00. The van der Waals surface area contributed by atoms with Crippen LogP contribution in [0, 0.1) is 0 Å². The van der Waals surface area contributed by atoms with Crippen LogP contribution in [-0.2, 0) is 4.79 Å². The molecule has 76 valence electrons. The number of hydrogen-bond acceptors (Lipinski definition) is 5. The highest BCUT2D eigenvalue weighted by Gasteiger charge is 2.13. The number of hydrogen-bond donors (Lipinski definition) is 1. The molecule has 1 aromatic heterocycles. The summed E-state index contributed by atoms with van der Waals surface area (Å²) in [5, 5.41) is 4.60. The summed E-state index contributed by atoms with van der Waals surface area (Å²) in [7, 11) is 0. The van der Waals surface area contributed by atoms with E-state index in [-0.39, 0.29) is 0 Å². The van der Waals surface area contributed by atoms with Gasteiger partial charge in [0, 0.05) is 17.1 Å². The lowest BCUT2D eigenvalue weighted by atomic mass is 10.2. The van der Waals surface area contributed by atoms with Gasteiger partial charge in [-0.15, -0.1) is 5.10 Å². The van der Waals surface area contributed by atoms with Crippen molar-refractivity contribution in [2.75, 3.05) is 4.31 Å². The van der Waals surface area contributed by atoms with Crippen molar-refractivity contribution in [2.24, 2.45) is 0 Å². The lowest BCUT2D eigenvalue weighted by molar-refractivity contribution is -0.106. The van der Waals surface area contributed by atoms with Gasteiger partial charge in [0.05, 0.1) is 0 Å². The molecule has 0 spiro atoms. The summed E-state index contributed by atoms with van der Waals surface area (Å²) < 4.78 is 4.98. The van der Waals surface area contributed by atoms with E-state index in [1.54, 1.807) is 0 Å². The number of anilines is 1. The van der Waals surface area contributed by atoms with Gasteiger partial charge in [-0.2, -0.15) is 0 Å². The second kappa shape index (κ2) is 4.41. The number of aromatic nitrogens is 2. The summed E-state index contributed by atoms with van der Waals surface area (Å²) in [6.07, 6.45) is 0.616. The van der Waals surface area contributed by atoms with Crippen LogP contribution in [0.3, 0.4) is 0 Å². The molecule has 4 nitrogen and oxygen atoms in total. The van der Waals surface area contributed by atoms with E-state index in [1.807, 2.05) is 30.3 Å². The first-order valence-electron chi connectivity index (χ1n) is 4.14. The molecule has 6 heteroatoms. The molecule has 2 aromatic rings. The number of benzene rings is 1. The molecule has 0 bridgehead atoms. The summed E-state index contributed by atoms with van der Waals surface area (Å²) in [6, 6.07) is 9.55. The maximum absolute atomic E-state index is 10.6. The van der Waals surface area contributed by atoms with Crippen molar-refractivity contribution in [2.45, 2.75) is 0 Å². The zero-order valence-electron chi connectivity index (χ0n) is 7.57. The fourth-order valence-electron chi connectivity index (χ4n) is 1.16. The maximum Gasteiger partial charge on any atom is 0.224 e. The van der Waals surface area contributed by atoms with E-state index in [0.29, 0.717) is 17.1 Å². The summed E-state index contributed by atoms with van der Waals surface area (Å²) in [6.45, 7) is 0. The van der Waals surface area contributed by atoms with E-state index in [1.165, 1.54) is 4.31 Å². The van der Waals surface area contributed by atoms with Gasteiger partial charge in [0.15, 0.2) is 5.00 Å². The van der Waals surface area contributed by atoms with Crippen molar-refractivity contribution < 1.29 is 4.79 Å². The Labute approximate surface area is 96.3 Å². The predicted octanol–water partition coefficient (Wildman–Crippen LogP) is 2.01. The van der Waals surface area contributed by atoms with Gasteiger partial charge in [0.2, 0.25) is 6.41 Å². The van der Waals surface area contributed by atoms with E-state index >= 15 is 0 Å². The third-order valence-electron chi connectivity index (χ3n) is 1.83. The summed E-state index contributed by atoms with van der Waals surface area (Å²) >= 11 is 5.14. The summed E-state index contributed by atoms with van der Waals surface area (Å²) in [5.74, 6) is 0. The quantitative estimate of drug-likeness (QED) is 0.656. The van der Waals surface area contributed by atoms with Crippen LogP contribution in [-0.4, -0.2) is 16.0 Å². The smallest absolute Gasteiger partial charge is 0.224 e.